The predicted molar refractivity (Wildman–Crippen MR) is 97.1 cm³/mol. The maximum absolute atomic E-state index is 13.0. The van der Waals surface area contributed by atoms with Crippen LogP contribution in [0.1, 0.15) is 6.92 Å². The number of carbonyl (C=O) groups excluding carboxylic acids is 1. The van der Waals surface area contributed by atoms with Gasteiger partial charge in [-0.1, -0.05) is 47.6 Å². The van der Waals surface area contributed by atoms with E-state index in [4.69, 9.17) is 11.6 Å². The summed E-state index contributed by atoms with van der Waals surface area (Å²) in [6, 6.07) is 15.5. The molecule has 1 aromatic heterocycles. The topological polar surface area (TPSA) is 42.0 Å². The van der Waals surface area contributed by atoms with E-state index in [-0.39, 0.29) is 16.2 Å². The predicted octanol–water partition coefficient (Wildman–Crippen LogP) is 5.15. The van der Waals surface area contributed by atoms with Gasteiger partial charge in [0, 0.05) is 5.39 Å². The van der Waals surface area contributed by atoms with Gasteiger partial charge in [-0.2, -0.15) is 0 Å². The number of thioether (sulfide) groups is 1. The van der Waals surface area contributed by atoms with Gasteiger partial charge in [-0.05, 0) is 37.3 Å². The molecule has 0 spiro atoms. The first kappa shape index (κ1) is 16.7. The fourth-order valence-electron chi connectivity index (χ4n) is 2.17. The highest BCUT2D eigenvalue weighted by molar-refractivity contribution is 8.00. The van der Waals surface area contributed by atoms with Gasteiger partial charge in [-0.15, -0.1) is 0 Å². The Kier molecular flexibility index (Phi) is 5.02. The van der Waals surface area contributed by atoms with Crippen molar-refractivity contribution in [1.29, 1.82) is 0 Å². The van der Waals surface area contributed by atoms with Crippen molar-refractivity contribution in [3.8, 4) is 0 Å². The first-order chi connectivity index (χ1) is 11.5. The van der Waals surface area contributed by atoms with Gasteiger partial charge in [0.05, 0.1) is 26.5 Å². The third-order valence-corrected chi connectivity index (χ3v) is 4.78. The highest BCUT2D eigenvalue weighted by atomic mass is 35.5. The molecule has 0 aliphatic carbocycles. The number of nitrogens with zero attached hydrogens (tertiary/aromatic N) is 1. The number of nitrogens with one attached hydrogen (secondary N) is 1. The largest absolute Gasteiger partial charge is 0.324 e. The van der Waals surface area contributed by atoms with Gasteiger partial charge in [0.25, 0.3) is 0 Å². The molecule has 3 aromatic rings. The summed E-state index contributed by atoms with van der Waals surface area (Å²) >= 11 is 7.28. The highest BCUT2D eigenvalue weighted by Crippen LogP contribution is 2.27. The lowest BCUT2D eigenvalue weighted by Crippen LogP contribution is -2.22. The van der Waals surface area contributed by atoms with E-state index in [1.165, 1.54) is 30.0 Å². The molecule has 0 bridgehead atoms. The number of fused-ring (bicyclic) bond motifs is 1. The molecule has 0 aliphatic heterocycles. The molecular formula is C18H14ClFN2OS. The van der Waals surface area contributed by atoms with Crippen LogP contribution in [0.4, 0.5) is 10.1 Å². The molecule has 0 fully saturated rings. The maximum atomic E-state index is 13.0. The molecule has 6 heteroatoms. The second-order valence-electron chi connectivity index (χ2n) is 5.22. The van der Waals surface area contributed by atoms with E-state index < -0.39 is 5.82 Å². The second-order valence-corrected chi connectivity index (χ2v) is 6.98. The molecule has 1 N–H and O–H groups in total. The van der Waals surface area contributed by atoms with E-state index in [0.717, 1.165) is 15.9 Å². The maximum Gasteiger partial charge on any atom is 0.237 e. The van der Waals surface area contributed by atoms with E-state index in [1.54, 1.807) is 6.92 Å². The summed E-state index contributed by atoms with van der Waals surface area (Å²) in [6.07, 6.45) is 0. The Hall–Kier alpha value is -2.11. The minimum absolute atomic E-state index is 0.171. The fraction of sp³-hybridized carbons (Fsp3) is 0.111. The average Bonchev–Trinajstić information content (AvgIpc) is 2.57. The number of carbonyl (C=O) groups is 1. The average molecular weight is 361 g/mol. The van der Waals surface area contributed by atoms with Crippen molar-refractivity contribution in [2.45, 2.75) is 17.2 Å². The Morgan fingerprint density at radius 3 is 2.79 bits per heavy atom. The number of rotatable bonds is 4. The van der Waals surface area contributed by atoms with Crippen molar-refractivity contribution >= 4 is 45.9 Å². The van der Waals surface area contributed by atoms with Gasteiger partial charge in [0.15, 0.2) is 0 Å². The number of halogens is 2. The summed E-state index contributed by atoms with van der Waals surface area (Å²) in [4.78, 5) is 16.8. The van der Waals surface area contributed by atoms with E-state index in [0.29, 0.717) is 5.69 Å². The summed E-state index contributed by atoms with van der Waals surface area (Å²) in [5.74, 6) is -0.663. The molecule has 0 saturated heterocycles. The Morgan fingerprint density at radius 2 is 2.00 bits per heavy atom. The SMILES string of the molecule is C[C@@H](Sc1ccc2ccccc2n1)C(=O)Nc1ccc(F)cc1Cl. The zero-order chi connectivity index (χ0) is 17.1. The van der Waals surface area contributed by atoms with E-state index in [1.807, 2.05) is 36.4 Å². The lowest BCUT2D eigenvalue weighted by Gasteiger charge is -2.13. The zero-order valence-electron chi connectivity index (χ0n) is 12.8. The van der Waals surface area contributed by atoms with Crippen molar-refractivity contribution in [2.75, 3.05) is 5.32 Å². The van der Waals surface area contributed by atoms with Crippen LogP contribution in [0.5, 0.6) is 0 Å². The molecule has 122 valence electrons. The van der Waals surface area contributed by atoms with Crippen molar-refractivity contribution in [3.05, 3.63) is 65.4 Å². The summed E-state index contributed by atoms with van der Waals surface area (Å²) in [5.41, 5.74) is 1.28. The van der Waals surface area contributed by atoms with Crippen LogP contribution in [-0.2, 0) is 4.79 Å². The van der Waals surface area contributed by atoms with Crippen LogP contribution in [-0.4, -0.2) is 16.1 Å². The summed E-state index contributed by atoms with van der Waals surface area (Å²) in [6.45, 7) is 1.79. The quantitative estimate of drug-likeness (QED) is 0.654. The number of hydrogen-bond donors (Lipinski definition) is 1. The first-order valence-electron chi connectivity index (χ1n) is 7.31. The normalized spacial score (nSPS) is 12.1. The minimum Gasteiger partial charge on any atom is -0.324 e. The molecule has 1 amide bonds. The van der Waals surface area contributed by atoms with Gasteiger partial charge in [0.1, 0.15) is 5.82 Å². The molecule has 1 heterocycles. The standard InChI is InChI=1S/C18H14ClFN2OS/c1-11(18(23)22-16-8-7-13(20)10-14(16)19)24-17-9-6-12-4-2-3-5-15(12)21-17/h2-11H,1H3,(H,22,23)/t11-/m1/s1. The monoisotopic (exact) mass is 360 g/mol. The lowest BCUT2D eigenvalue weighted by molar-refractivity contribution is -0.115. The van der Waals surface area contributed by atoms with Crippen LogP contribution in [0, 0.1) is 5.82 Å². The van der Waals surface area contributed by atoms with Crippen molar-refractivity contribution in [3.63, 3.8) is 0 Å². The molecule has 0 saturated carbocycles. The van der Waals surface area contributed by atoms with Crippen LogP contribution in [0.25, 0.3) is 10.9 Å². The fourth-order valence-corrected chi connectivity index (χ4v) is 3.21. The second kappa shape index (κ2) is 7.20. The van der Waals surface area contributed by atoms with Crippen molar-refractivity contribution in [1.82, 2.24) is 4.98 Å². The number of amides is 1. The van der Waals surface area contributed by atoms with Crippen molar-refractivity contribution in [2.24, 2.45) is 0 Å². The summed E-state index contributed by atoms with van der Waals surface area (Å²) in [5, 5.41) is 4.32. The van der Waals surface area contributed by atoms with E-state index in [2.05, 4.69) is 10.3 Å². The third-order valence-electron chi connectivity index (χ3n) is 3.43. The number of para-hydroxylation sites is 1. The van der Waals surface area contributed by atoms with Gasteiger partial charge in [-0.25, -0.2) is 9.37 Å². The van der Waals surface area contributed by atoms with Crippen LogP contribution in [0.2, 0.25) is 5.02 Å². The number of benzene rings is 2. The smallest absolute Gasteiger partial charge is 0.237 e. The summed E-state index contributed by atoms with van der Waals surface area (Å²) in [7, 11) is 0. The molecule has 0 unspecified atom stereocenters. The molecule has 3 rings (SSSR count). The van der Waals surface area contributed by atoms with Gasteiger partial charge >= 0.3 is 0 Å². The molecule has 0 radical (unpaired) electrons. The molecule has 1 atom stereocenters. The van der Waals surface area contributed by atoms with Crippen LogP contribution in [0.15, 0.2) is 59.6 Å². The van der Waals surface area contributed by atoms with Gasteiger partial charge < -0.3 is 5.32 Å². The molecular weight excluding hydrogens is 347 g/mol. The Labute approximate surface area is 148 Å². The molecule has 3 nitrogen and oxygen atoms in total. The Bertz CT molecular complexity index is 903. The molecule has 0 aliphatic rings. The minimum atomic E-state index is -0.444. The lowest BCUT2D eigenvalue weighted by atomic mass is 10.2. The first-order valence-corrected chi connectivity index (χ1v) is 8.57. The summed E-state index contributed by atoms with van der Waals surface area (Å²) < 4.78 is 13.0. The molecule has 24 heavy (non-hydrogen) atoms. The van der Waals surface area contributed by atoms with Crippen LogP contribution < -0.4 is 5.32 Å². The Balaban J connectivity index is 1.70. The highest BCUT2D eigenvalue weighted by Gasteiger charge is 2.16. The number of pyridine rings is 1. The van der Waals surface area contributed by atoms with Crippen LogP contribution >= 0.6 is 23.4 Å². The Morgan fingerprint density at radius 1 is 1.21 bits per heavy atom. The van der Waals surface area contributed by atoms with Gasteiger partial charge in [0.2, 0.25) is 5.91 Å². The van der Waals surface area contributed by atoms with E-state index >= 15 is 0 Å². The number of anilines is 1. The molecule has 2 aromatic carbocycles. The van der Waals surface area contributed by atoms with Gasteiger partial charge in [-0.3, -0.25) is 4.79 Å². The van der Waals surface area contributed by atoms with E-state index in [9.17, 15) is 9.18 Å². The number of hydrogen-bond acceptors (Lipinski definition) is 3. The van der Waals surface area contributed by atoms with Crippen molar-refractivity contribution < 1.29 is 9.18 Å². The number of aromatic nitrogens is 1. The van der Waals surface area contributed by atoms with Crippen LogP contribution in [0.3, 0.4) is 0 Å². The zero-order valence-corrected chi connectivity index (χ0v) is 14.4. The third kappa shape index (κ3) is 3.86.